The normalized spacial score (nSPS) is 15.7. The van der Waals surface area contributed by atoms with Crippen molar-refractivity contribution in [2.75, 3.05) is 12.4 Å². The molecule has 1 fully saturated rings. The highest BCUT2D eigenvalue weighted by Gasteiger charge is 2.43. The van der Waals surface area contributed by atoms with E-state index >= 15 is 0 Å². The molecule has 0 saturated heterocycles. The van der Waals surface area contributed by atoms with Gasteiger partial charge in [-0.3, -0.25) is 9.59 Å². The van der Waals surface area contributed by atoms with Crippen LogP contribution in [0, 0.1) is 38.0 Å². The van der Waals surface area contributed by atoms with E-state index < -0.39 is 24.0 Å². The summed E-state index contributed by atoms with van der Waals surface area (Å²) in [5.41, 5.74) is 0.225. The third kappa shape index (κ3) is 4.45. The van der Waals surface area contributed by atoms with Gasteiger partial charge in [0.1, 0.15) is 21.2 Å². The molecular weight excluding hydrogens is 396 g/mol. The minimum Gasteiger partial charge on any atom is -0.455 e. The summed E-state index contributed by atoms with van der Waals surface area (Å²) in [7, 11) is 0. The molecule has 2 heterocycles. The van der Waals surface area contributed by atoms with Crippen molar-refractivity contribution < 1.29 is 14.3 Å². The SMILES string of the molecule is Cc1nc(SCC(=O)OCC(=O)N[C@@](C)(C#N)C2CC2)c2c(C)c(C)sc2n1. The summed E-state index contributed by atoms with van der Waals surface area (Å²) >= 11 is 2.89. The maximum Gasteiger partial charge on any atom is 0.316 e. The molecule has 9 heteroatoms. The van der Waals surface area contributed by atoms with Gasteiger partial charge in [-0.05, 0) is 52.0 Å². The van der Waals surface area contributed by atoms with Crippen molar-refractivity contribution in [3.8, 4) is 6.07 Å². The van der Waals surface area contributed by atoms with Crippen LogP contribution in [0.4, 0.5) is 0 Å². The third-order valence-corrected chi connectivity index (χ3v) is 6.87. The maximum atomic E-state index is 12.1. The van der Waals surface area contributed by atoms with Crippen LogP contribution in [-0.4, -0.2) is 39.7 Å². The fourth-order valence-electron chi connectivity index (χ4n) is 2.94. The second-order valence-corrected chi connectivity index (χ2v) is 9.29. The van der Waals surface area contributed by atoms with Gasteiger partial charge in [0.2, 0.25) is 0 Å². The van der Waals surface area contributed by atoms with Crippen molar-refractivity contribution in [2.45, 2.75) is 51.1 Å². The first kappa shape index (κ1) is 20.6. The molecule has 2 aromatic rings. The average Bonchev–Trinajstić information content (AvgIpc) is 3.45. The summed E-state index contributed by atoms with van der Waals surface area (Å²) in [6.07, 6.45) is 1.85. The van der Waals surface area contributed by atoms with Gasteiger partial charge >= 0.3 is 5.97 Å². The zero-order chi connectivity index (χ0) is 20.5. The van der Waals surface area contributed by atoms with E-state index in [1.807, 2.05) is 20.8 Å². The number of aryl methyl sites for hydroxylation is 3. The molecule has 0 aliphatic heterocycles. The molecule has 1 amide bonds. The summed E-state index contributed by atoms with van der Waals surface area (Å²) in [5, 5.41) is 13.7. The molecule has 148 valence electrons. The van der Waals surface area contributed by atoms with E-state index in [1.54, 1.807) is 18.3 Å². The highest BCUT2D eigenvalue weighted by atomic mass is 32.2. The Balaban J connectivity index is 1.56. The number of aromatic nitrogens is 2. The van der Waals surface area contributed by atoms with Crippen LogP contribution in [0.5, 0.6) is 0 Å². The lowest BCUT2D eigenvalue weighted by Gasteiger charge is -2.22. The van der Waals surface area contributed by atoms with E-state index in [1.165, 1.54) is 16.6 Å². The van der Waals surface area contributed by atoms with Gasteiger partial charge in [0.25, 0.3) is 5.91 Å². The Kier molecular flexibility index (Phi) is 5.91. The van der Waals surface area contributed by atoms with Crippen LogP contribution in [0.15, 0.2) is 5.03 Å². The standard InChI is InChI=1S/C19H22N4O3S2/c1-10-11(2)28-18-16(10)17(21-12(3)22-18)27-8-15(25)26-7-14(24)23-19(4,9-20)13-5-6-13/h13H,5-8H2,1-4H3,(H,23,24)/t19-/m0/s1. The Morgan fingerprint density at radius 1 is 1.36 bits per heavy atom. The van der Waals surface area contributed by atoms with Crippen LogP contribution in [0.3, 0.4) is 0 Å². The number of amides is 1. The minimum absolute atomic E-state index is 0.0469. The number of thioether (sulfide) groups is 1. The zero-order valence-corrected chi connectivity index (χ0v) is 17.9. The van der Waals surface area contributed by atoms with Crippen LogP contribution >= 0.6 is 23.1 Å². The highest BCUT2D eigenvalue weighted by Crippen LogP contribution is 2.39. The Hall–Kier alpha value is -2.18. The highest BCUT2D eigenvalue weighted by molar-refractivity contribution is 8.00. The number of nitrogens with one attached hydrogen (secondary N) is 1. The molecule has 7 nitrogen and oxygen atoms in total. The van der Waals surface area contributed by atoms with E-state index in [2.05, 4.69) is 21.4 Å². The first-order chi connectivity index (χ1) is 13.2. The summed E-state index contributed by atoms with van der Waals surface area (Å²) in [6, 6.07) is 2.15. The van der Waals surface area contributed by atoms with Crippen LogP contribution in [0.25, 0.3) is 10.2 Å². The maximum absolute atomic E-state index is 12.1. The molecule has 1 atom stereocenters. The van der Waals surface area contributed by atoms with Crippen molar-refractivity contribution in [1.82, 2.24) is 15.3 Å². The molecule has 1 N–H and O–H groups in total. The van der Waals surface area contributed by atoms with Crippen molar-refractivity contribution in [3.05, 3.63) is 16.3 Å². The van der Waals surface area contributed by atoms with E-state index in [4.69, 9.17) is 4.74 Å². The van der Waals surface area contributed by atoms with Crippen LogP contribution in [0.1, 0.15) is 36.0 Å². The molecule has 1 aliphatic rings. The van der Waals surface area contributed by atoms with Crippen LogP contribution < -0.4 is 5.32 Å². The van der Waals surface area contributed by atoms with Gasteiger partial charge in [-0.25, -0.2) is 9.97 Å². The Morgan fingerprint density at radius 3 is 2.71 bits per heavy atom. The fourth-order valence-corrected chi connectivity index (χ4v) is 5.01. The number of thiophene rings is 1. The van der Waals surface area contributed by atoms with Gasteiger partial charge in [0.05, 0.1) is 11.8 Å². The monoisotopic (exact) mass is 418 g/mol. The fraction of sp³-hybridized carbons (Fsp3) is 0.526. The number of hydrogen-bond donors (Lipinski definition) is 1. The molecular formula is C19H22N4O3S2. The number of carbonyl (C=O) groups excluding carboxylic acids is 2. The lowest BCUT2D eigenvalue weighted by Crippen LogP contribution is -2.48. The number of fused-ring (bicyclic) bond motifs is 1. The number of rotatable bonds is 7. The van der Waals surface area contributed by atoms with Crippen molar-refractivity contribution in [1.29, 1.82) is 5.26 Å². The second-order valence-electron chi connectivity index (χ2n) is 7.13. The minimum atomic E-state index is -0.892. The van der Waals surface area contributed by atoms with E-state index in [0.29, 0.717) is 5.82 Å². The average molecular weight is 419 g/mol. The Bertz CT molecular complexity index is 978. The summed E-state index contributed by atoms with van der Waals surface area (Å²) in [5.74, 6) is -0.0860. The molecule has 0 spiro atoms. The predicted octanol–water partition coefficient (Wildman–Crippen LogP) is 3.06. The largest absolute Gasteiger partial charge is 0.455 e. The topological polar surface area (TPSA) is 105 Å². The van der Waals surface area contributed by atoms with Crippen molar-refractivity contribution in [3.63, 3.8) is 0 Å². The molecule has 0 unspecified atom stereocenters. The number of nitriles is 1. The van der Waals surface area contributed by atoms with E-state index in [0.717, 1.165) is 33.6 Å². The first-order valence-corrected chi connectivity index (χ1v) is 10.8. The number of esters is 1. The number of ether oxygens (including phenoxy) is 1. The van der Waals surface area contributed by atoms with Crippen molar-refractivity contribution in [2.24, 2.45) is 5.92 Å². The zero-order valence-electron chi connectivity index (χ0n) is 16.3. The van der Waals surface area contributed by atoms with Gasteiger partial charge in [0.15, 0.2) is 6.61 Å². The Labute approximate surface area is 171 Å². The number of nitrogens with zero attached hydrogens (tertiary/aromatic N) is 3. The lowest BCUT2D eigenvalue weighted by molar-refractivity contribution is -0.146. The van der Waals surface area contributed by atoms with Gasteiger partial charge < -0.3 is 10.1 Å². The molecule has 1 saturated carbocycles. The van der Waals surface area contributed by atoms with E-state index in [9.17, 15) is 14.9 Å². The molecule has 0 bridgehead atoms. The van der Waals surface area contributed by atoms with Gasteiger partial charge in [-0.1, -0.05) is 11.8 Å². The smallest absolute Gasteiger partial charge is 0.316 e. The molecule has 2 aromatic heterocycles. The molecule has 3 rings (SSSR count). The van der Waals surface area contributed by atoms with Crippen molar-refractivity contribution >= 4 is 45.2 Å². The first-order valence-electron chi connectivity index (χ1n) is 8.98. The lowest BCUT2D eigenvalue weighted by atomic mass is 9.98. The quantitative estimate of drug-likeness (QED) is 0.418. The summed E-state index contributed by atoms with van der Waals surface area (Å²) in [6.45, 7) is 7.19. The number of hydrogen-bond acceptors (Lipinski definition) is 8. The van der Waals surface area contributed by atoms with Gasteiger partial charge in [-0.2, -0.15) is 5.26 Å². The molecule has 0 radical (unpaired) electrons. The molecule has 0 aromatic carbocycles. The van der Waals surface area contributed by atoms with Gasteiger partial charge in [-0.15, -0.1) is 11.3 Å². The summed E-state index contributed by atoms with van der Waals surface area (Å²) < 4.78 is 5.07. The molecule has 1 aliphatic carbocycles. The summed E-state index contributed by atoms with van der Waals surface area (Å²) in [4.78, 5) is 35.1. The van der Waals surface area contributed by atoms with Crippen LogP contribution in [-0.2, 0) is 14.3 Å². The predicted molar refractivity (Wildman–Crippen MR) is 108 cm³/mol. The second kappa shape index (κ2) is 8.05. The Morgan fingerprint density at radius 2 is 2.07 bits per heavy atom. The van der Waals surface area contributed by atoms with Gasteiger partial charge in [0, 0.05) is 10.3 Å². The number of carbonyl (C=O) groups is 2. The van der Waals surface area contributed by atoms with E-state index in [-0.39, 0.29) is 11.7 Å². The third-order valence-electron chi connectivity index (χ3n) is 4.82. The molecule has 28 heavy (non-hydrogen) atoms. The van der Waals surface area contributed by atoms with Crippen LogP contribution in [0.2, 0.25) is 0 Å².